The lowest BCUT2D eigenvalue weighted by molar-refractivity contribution is -0.394. The number of nitro groups is 2. The van der Waals surface area contributed by atoms with Gasteiger partial charge >= 0.3 is 11.9 Å². The van der Waals surface area contributed by atoms with Crippen molar-refractivity contribution < 1.29 is 26.3 Å². The van der Waals surface area contributed by atoms with Crippen LogP contribution in [-0.2, 0) is 0 Å². The molecular formula is C6H9N11O7. The van der Waals surface area contributed by atoms with Crippen LogP contribution in [0.1, 0.15) is 0 Å². The van der Waals surface area contributed by atoms with Gasteiger partial charge < -0.3 is 36.7 Å². The van der Waals surface area contributed by atoms with Crippen LogP contribution in [0.25, 0.3) is 23.0 Å². The van der Waals surface area contributed by atoms with E-state index in [2.05, 4.69) is 45.8 Å². The third-order valence-electron chi connectivity index (χ3n) is 2.26. The number of hydrogen-bond acceptors (Lipinski definition) is 10. The van der Waals surface area contributed by atoms with Crippen molar-refractivity contribution in [3.8, 4) is 23.0 Å². The molecule has 0 aliphatic heterocycles. The molecule has 130 valence electrons. The fourth-order valence-electron chi connectivity index (χ4n) is 1.42. The maximum absolute atomic E-state index is 10.5. The first kappa shape index (κ1) is 20.1. The summed E-state index contributed by atoms with van der Waals surface area (Å²) >= 11 is 0. The van der Waals surface area contributed by atoms with E-state index in [4.69, 9.17) is 0 Å². The van der Waals surface area contributed by atoms with Crippen LogP contribution in [0.3, 0.4) is 0 Å². The molecule has 0 spiro atoms. The summed E-state index contributed by atoms with van der Waals surface area (Å²) in [6.45, 7) is 0. The zero-order valence-corrected chi connectivity index (χ0v) is 11.2. The van der Waals surface area contributed by atoms with Gasteiger partial charge in [-0.3, -0.25) is 0 Å². The Morgan fingerprint density at radius 2 is 1.08 bits per heavy atom. The molecule has 24 heavy (non-hydrogen) atoms. The van der Waals surface area contributed by atoms with Gasteiger partial charge in [0.05, 0.1) is 0 Å². The van der Waals surface area contributed by atoms with Crippen molar-refractivity contribution in [2.75, 3.05) is 0 Å². The number of rotatable bonds is 4. The van der Waals surface area contributed by atoms with Crippen LogP contribution in [0.2, 0.25) is 0 Å². The van der Waals surface area contributed by atoms with E-state index >= 15 is 0 Å². The van der Waals surface area contributed by atoms with Crippen LogP contribution in [-0.4, -0.2) is 72.0 Å². The van der Waals surface area contributed by atoms with E-state index in [1.165, 1.54) is 0 Å². The Bertz CT molecular complexity index is 769. The number of aromatic nitrogens is 9. The second-order valence-electron chi connectivity index (χ2n) is 3.50. The normalized spacial score (nSPS) is 9.33. The topological polar surface area (TPSA) is 305 Å². The third kappa shape index (κ3) is 3.29. The molecule has 3 aromatic heterocycles. The standard InChI is InChI=1S/C6H3N11O4.3H2O/c18-16(19)5-7-3(11-13-5)1-2(10-15-9-1)4-8-6(14-12-4)17(20)21;;;/h(H,7,11,13)(H,8,12,14)(H,9,10,15);3*1H2. The van der Waals surface area contributed by atoms with E-state index in [-0.39, 0.29) is 39.5 Å². The molecule has 0 bridgehead atoms. The molecule has 0 amide bonds. The molecule has 3 heterocycles. The number of nitrogens with zero attached hydrogens (tertiary/aromatic N) is 8. The highest BCUT2D eigenvalue weighted by Gasteiger charge is 2.27. The van der Waals surface area contributed by atoms with Gasteiger partial charge in [0.2, 0.25) is 0 Å². The minimum absolute atomic E-state index is 0. The Labute approximate surface area is 128 Å². The zero-order chi connectivity index (χ0) is 15.0. The first-order valence-electron chi connectivity index (χ1n) is 5.11. The van der Waals surface area contributed by atoms with E-state index in [1.807, 2.05) is 0 Å². The van der Waals surface area contributed by atoms with E-state index in [0.717, 1.165) is 0 Å². The highest BCUT2D eigenvalue weighted by molar-refractivity contribution is 5.69. The molecule has 0 fully saturated rings. The van der Waals surface area contributed by atoms with Crippen molar-refractivity contribution >= 4 is 11.9 Å². The maximum atomic E-state index is 10.5. The first-order chi connectivity index (χ1) is 10.1. The highest BCUT2D eigenvalue weighted by atomic mass is 16.6. The van der Waals surface area contributed by atoms with Gasteiger partial charge in [0, 0.05) is 0 Å². The second kappa shape index (κ2) is 7.39. The second-order valence-corrected chi connectivity index (χ2v) is 3.50. The summed E-state index contributed by atoms with van der Waals surface area (Å²) in [7, 11) is 0. The van der Waals surface area contributed by atoms with Gasteiger partial charge in [0.25, 0.3) is 11.6 Å². The molecule has 0 atom stereocenters. The van der Waals surface area contributed by atoms with Crippen molar-refractivity contribution in [1.29, 1.82) is 0 Å². The van der Waals surface area contributed by atoms with Gasteiger partial charge in [-0.15, -0.1) is 10.2 Å². The molecule has 3 aromatic rings. The summed E-state index contributed by atoms with van der Waals surface area (Å²) in [6, 6.07) is 0. The quantitative estimate of drug-likeness (QED) is 0.311. The largest absolute Gasteiger partial charge is 0.453 e. The fourth-order valence-corrected chi connectivity index (χ4v) is 1.42. The van der Waals surface area contributed by atoms with Gasteiger partial charge in [0.1, 0.15) is 0 Å². The number of H-pyrrole nitrogens is 3. The van der Waals surface area contributed by atoms with Crippen LogP contribution in [0.5, 0.6) is 0 Å². The molecule has 3 rings (SSSR count). The Morgan fingerprint density at radius 3 is 1.38 bits per heavy atom. The molecule has 9 N–H and O–H groups in total. The number of hydrogen-bond donors (Lipinski definition) is 3. The van der Waals surface area contributed by atoms with Gasteiger partial charge in [-0.25, -0.2) is 0 Å². The van der Waals surface area contributed by atoms with E-state index < -0.39 is 21.7 Å². The summed E-state index contributed by atoms with van der Waals surface area (Å²) in [5.41, 5.74) is 0.0153. The van der Waals surface area contributed by atoms with E-state index in [9.17, 15) is 20.2 Å². The molecule has 0 aliphatic rings. The summed E-state index contributed by atoms with van der Waals surface area (Å²) in [5, 5.41) is 42.2. The predicted octanol–water partition coefficient (Wildman–Crippen LogP) is -3.28. The average molecular weight is 347 g/mol. The number of aromatic amines is 3. The minimum atomic E-state index is -0.770. The molecule has 0 radical (unpaired) electrons. The monoisotopic (exact) mass is 347 g/mol. The Balaban J connectivity index is 0.00000176. The number of nitrogens with one attached hydrogen (secondary N) is 3. The van der Waals surface area contributed by atoms with Crippen LogP contribution < -0.4 is 0 Å². The molecular weight excluding hydrogens is 338 g/mol. The van der Waals surface area contributed by atoms with Crippen molar-refractivity contribution in [1.82, 2.24) is 45.8 Å². The fraction of sp³-hybridized carbons (Fsp3) is 0. The summed E-state index contributed by atoms with van der Waals surface area (Å²) in [6.07, 6.45) is 0. The van der Waals surface area contributed by atoms with Crippen LogP contribution in [0.15, 0.2) is 0 Å². The summed E-state index contributed by atoms with van der Waals surface area (Å²) < 4.78 is 0. The molecule has 0 saturated heterocycles. The molecule has 0 aromatic carbocycles. The molecule has 0 saturated carbocycles. The zero-order valence-electron chi connectivity index (χ0n) is 11.2. The SMILES string of the molecule is O.O.O.O=[N+]([O-])c1nc(-c2n[nH]nc2-c2n[nH]c([N+](=O)[O-])n2)n[nH]1. The average Bonchev–Trinajstić information content (AvgIpc) is 3.17. The Kier molecular flexibility index (Phi) is 6.19. The smallest absolute Gasteiger partial charge is 0.412 e. The highest BCUT2D eigenvalue weighted by Crippen LogP contribution is 2.24. The minimum Gasteiger partial charge on any atom is -0.412 e. The van der Waals surface area contributed by atoms with Crippen LogP contribution in [0.4, 0.5) is 11.9 Å². The van der Waals surface area contributed by atoms with E-state index in [1.54, 1.807) is 0 Å². The molecule has 0 aliphatic carbocycles. The molecule has 18 nitrogen and oxygen atoms in total. The van der Waals surface area contributed by atoms with Crippen molar-refractivity contribution in [2.45, 2.75) is 0 Å². The molecule has 0 unspecified atom stereocenters. The first-order valence-corrected chi connectivity index (χ1v) is 5.11. The van der Waals surface area contributed by atoms with Crippen LogP contribution in [0, 0.1) is 20.2 Å². The van der Waals surface area contributed by atoms with Crippen molar-refractivity contribution in [3.63, 3.8) is 0 Å². The lowest BCUT2D eigenvalue weighted by Gasteiger charge is -1.86. The van der Waals surface area contributed by atoms with Gasteiger partial charge in [-0.2, -0.15) is 15.4 Å². The summed E-state index contributed by atoms with van der Waals surface area (Å²) in [4.78, 5) is 26.7. The lowest BCUT2D eigenvalue weighted by Crippen LogP contribution is -1.91. The Morgan fingerprint density at radius 1 is 0.708 bits per heavy atom. The van der Waals surface area contributed by atoms with Gasteiger partial charge in [-0.1, -0.05) is 10.2 Å². The summed E-state index contributed by atoms with van der Waals surface area (Å²) in [5.74, 6) is -1.42. The van der Waals surface area contributed by atoms with Crippen molar-refractivity contribution in [2.24, 2.45) is 0 Å². The predicted molar refractivity (Wildman–Crippen MR) is 71.3 cm³/mol. The van der Waals surface area contributed by atoms with Crippen LogP contribution >= 0.6 is 0 Å². The van der Waals surface area contributed by atoms with Gasteiger partial charge in [0.15, 0.2) is 11.4 Å². The lowest BCUT2D eigenvalue weighted by atomic mass is 10.3. The third-order valence-corrected chi connectivity index (χ3v) is 2.26. The van der Waals surface area contributed by atoms with Gasteiger partial charge in [-0.05, 0) is 19.8 Å². The Hall–Kier alpha value is -3.90. The van der Waals surface area contributed by atoms with E-state index in [0.29, 0.717) is 0 Å². The molecule has 18 heteroatoms. The maximum Gasteiger partial charge on any atom is 0.453 e. The van der Waals surface area contributed by atoms with Crippen molar-refractivity contribution in [3.05, 3.63) is 20.2 Å².